The van der Waals surface area contributed by atoms with Crippen molar-refractivity contribution in [3.63, 3.8) is 0 Å². The van der Waals surface area contributed by atoms with E-state index in [-0.39, 0.29) is 5.75 Å². The molecule has 1 aromatic heterocycles. The van der Waals surface area contributed by atoms with Crippen LogP contribution < -0.4 is 4.74 Å². The summed E-state index contributed by atoms with van der Waals surface area (Å²) in [6.45, 7) is 7.46. The number of halogens is 3. The molecule has 0 radical (unpaired) electrons. The molecule has 0 amide bonds. The van der Waals surface area contributed by atoms with Crippen LogP contribution in [0.1, 0.15) is 25.1 Å². The molecule has 0 atom stereocenters. The minimum absolute atomic E-state index is 0.236. The molecule has 0 fully saturated rings. The number of imidazole rings is 1. The van der Waals surface area contributed by atoms with Crippen molar-refractivity contribution in [2.75, 3.05) is 0 Å². The van der Waals surface area contributed by atoms with Gasteiger partial charge in [-0.05, 0) is 31.5 Å². The molecule has 0 N–H and O–H groups in total. The molecule has 0 aliphatic carbocycles. The molecule has 0 saturated carbocycles. The van der Waals surface area contributed by atoms with E-state index in [1.165, 1.54) is 17.0 Å². The Morgan fingerprint density at radius 3 is 2.30 bits per heavy atom. The fourth-order valence-electron chi connectivity index (χ4n) is 1.59. The lowest BCUT2D eigenvalue weighted by Gasteiger charge is -2.14. The van der Waals surface area contributed by atoms with Crippen molar-refractivity contribution in [3.05, 3.63) is 42.0 Å². The molecule has 3 nitrogen and oxygen atoms in total. The summed E-state index contributed by atoms with van der Waals surface area (Å²) >= 11 is 0. The molecule has 0 spiro atoms. The highest BCUT2D eigenvalue weighted by atomic mass is 19.4. The van der Waals surface area contributed by atoms with E-state index in [0.29, 0.717) is 16.9 Å². The van der Waals surface area contributed by atoms with Crippen LogP contribution in [0.4, 0.5) is 13.2 Å². The number of alkyl halides is 3. The van der Waals surface area contributed by atoms with E-state index < -0.39 is 6.36 Å². The molecular formula is C14H17F3N2O. The first-order chi connectivity index (χ1) is 9.35. The Kier molecular flexibility index (Phi) is 5.19. The first-order valence-corrected chi connectivity index (χ1v) is 6.22. The minimum Gasteiger partial charge on any atom is -0.404 e. The summed E-state index contributed by atoms with van der Waals surface area (Å²) in [5.74, 6) is -0.236. The maximum absolute atomic E-state index is 12.3. The molecule has 0 aliphatic heterocycles. The van der Waals surface area contributed by atoms with Gasteiger partial charge in [-0.15, -0.1) is 13.2 Å². The van der Waals surface area contributed by atoms with E-state index in [9.17, 15) is 13.2 Å². The van der Waals surface area contributed by atoms with E-state index in [2.05, 4.69) is 9.72 Å². The Bertz CT molecular complexity index is 562. The van der Waals surface area contributed by atoms with Gasteiger partial charge >= 0.3 is 6.36 Å². The van der Waals surface area contributed by atoms with Gasteiger partial charge in [-0.1, -0.05) is 19.9 Å². The van der Waals surface area contributed by atoms with Gasteiger partial charge in [-0.2, -0.15) is 0 Å². The Labute approximate surface area is 116 Å². The van der Waals surface area contributed by atoms with Crippen LogP contribution >= 0.6 is 0 Å². The molecule has 2 rings (SSSR count). The van der Waals surface area contributed by atoms with E-state index >= 15 is 0 Å². The van der Waals surface area contributed by atoms with Crippen molar-refractivity contribution in [3.8, 4) is 11.4 Å². The molecular weight excluding hydrogens is 269 g/mol. The van der Waals surface area contributed by atoms with E-state index in [1.54, 1.807) is 32.2 Å². The van der Waals surface area contributed by atoms with Gasteiger partial charge in [-0.3, -0.25) is 0 Å². The van der Waals surface area contributed by atoms with Gasteiger partial charge in [0, 0.05) is 6.20 Å². The maximum atomic E-state index is 12.3. The van der Waals surface area contributed by atoms with Gasteiger partial charge < -0.3 is 9.30 Å². The highest BCUT2D eigenvalue weighted by Crippen LogP contribution is 2.30. The first-order valence-electron chi connectivity index (χ1n) is 6.22. The van der Waals surface area contributed by atoms with Crippen LogP contribution in [0.15, 0.2) is 30.7 Å². The fraction of sp³-hybridized carbons (Fsp3) is 0.357. The van der Waals surface area contributed by atoms with Crippen LogP contribution in [0.5, 0.6) is 5.75 Å². The van der Waals surface area contributed by atoms with Crippen LogP contribution in [0.25, 0.3) is 5.69 Å². The second-order valence-electron chi connectivity index (χ2n) is 3.94. The Morgan fingerprint density at radius 1 is 1.15 bits per heavy atom. The lowest BCUT2D eigenvalue weighted by Crippen LogP contribution is -2.18. The third kappa shape index (κ3) is 4.29. The number of hydrogen-bond donors (Lipinski definition) is 0. The predicted molar refractivity (Wildman–Crippen MR) is 71.1 cm³/mol. The first kappa shape index (κ1) is 16.1. The number of aryl methyl sites for hydroxylation is 2. The minimum atomic E-state index is -4.71. The summed E-state index contributed by atoms with van der Waals surface area (Å²) in [4.78, 5) is 3.98. The van der Waals surface area contributed by atoms with Gasteiger partial charge in [0.05, 0.1) is 17.7 Å². The average Bonchev–Trinajstić information content (AvgIpc) is 2.76. The zero-order chi connectivity index (χ0) is 15.3. The van der Waals surface area contributed by atoms with Gasteiger partial charge in [-0.25, -0.2) is 4.98 Å². The monoisotopic (exact) mass is 286 g/mol. The second-order valence-corrected chi connectivity index (χ2v) is 3.94. The summed E-state index contributed by atoms with van der Waals surface area (Å²) in [5, 5.41) is 0. The van der Waals surface area contributed by atoms with Crippen molar-refractivity contribution >= 4 is 0 Å². The highest BCUT2D eigenvalue weighted by molar-refractivity contribution is 5.49. The van der Waals surface area contributed by atoms with Gasteiger partial charge in [0.1, 0.15) is 0 Å². The SMILES string of the molecule is CC.Cc1ccc(-n2cnc(C)c2)c(OC(F)(F)F)c1. The third-order valence-corrected chi connectivity index (χ3v) is 2.33. The number of rotatable bonds is 2. The average molecular weight is 286 g/mol. The van der Waals surface area contributed by atoms with E-state index in [0.717, 1.165) is 0 Å². The van der Waals surface area contributed by atoms with Crippen molar-refractivity contribution in [2.24, 2.45) is 0 Å². The van der Waals surface area contributed by atoms with Gasteiger partial charge in [0.15, 0.2) is 5.75 Å². The third-order valence-electron chi connectivity index (χ3n) is 2.33. The van der Waals surface area contributed by atoms with Crippen LogP contribution in [-0.2, 0) is 0 Å². The zero-order valence-electron chi connectivity index (χ0n) is 11.8. The molecule has 0 aliphatic rings. The predicted octanol–water partition coefficient (Wildman–Crippen LogP) is 4.41. The number of hydrogen-bond acceptors (Lipinski definition) is 2. The second kappa shape index (κ2) is 6.45. The van der Waals surface area contributed by atoms with Crippen LogP contribution in [0.3, 0.4) is 0 Å². The van der Waals surface area contributed by atoms with E-state index in [1.807, 2.05) is 13.8 Å². The topological polar surface area (TPSA) is 27.1 Å². The van der Waals surface area contributed by atoms with Crippen LogP contribution in [0, 0.1) is 13.8 Å². The standard InChI is InChI=1S/C12H11F3N2O.C2H6/c1-8-3-4-10(17-6-9(2)16-7-17)11(5-8)18-12(13,14)15;1-2/h3-7H,1-2H3;1-2H3. The summed E-state index contributed by atoms with van der Waals surface area (Å²) in [7, 11) is 0. The summed E-state index contributed by atoms with van der Waals surface area (Å²) < 4.78 is 42.5. The molecule has 2 aromatic rings. The molecule has 0 saturated heterocycles. The van der Waals surface area contributed by atoms with Crippen molar-refractivity contribution < 1.29 is 17.9 Å². The van der Waals surface area contributed by atoms with Gasteiger partial charge in [0.2, 0.25) is 0 Å². The number of ether oxygens (including phenoxy) is 1. The quantitative estimate of drug-likeness (QED) is 0.817. The van der Waals surface area contributed by atoms with E-state index in [4.69, 9.17) is 0 Å². The lowest BCUT2D eigenvalue weighted by molar-refractivity contribution is -0.274. The van der Waals surface area contributed by atoms with Crippen molar-refractivity contribution in [2.45, 2.75) is 34.1 Å². The summed E-state index contributed by atoms with van der Waals surface area (Å²) in [5.41, 5.74) is 1.71. The van der Waals surface area contributed by atoms with Crippen molar-refractivity contribution in [1.82, 2.24) is 9.55 Å². The summed E-state index contributed by atoms with van der Waals surface area (Å²) in [6.07, 6.45) is -1.63. The van der Waals surface area contributed by atoms with Crippen molar-refractivity contribution in [1.29, 1.82) is 0 Å². The largest absolute Gasteiger partial charge is 0.573 e. The molecule has 1 aromatic carbocycles. The number of aromatic nitrogens is 2. The maximum Gasteiger partial charge on any atom is 0.573 e. The molecule has 1 heterocycles. The number of nitrogens with zero attached hydrogens (tertiary/aromatic N) is 2. The number of benzene rings is 1. The highest BCUT2D eigenvalue weighted by Gasteiger charge is 2.32. The fourth-order valence-corrected chi connectivity index (χ4v) is 1.59. The van der Waals surface area contributed by atoms with Crippen LogP contribution in [-0.4, -0.2) is 15.9 Å². The molecule has 0 bridgehead atoms. The lowest BCUT2D eigenvalue weighted by atomic mass is 10.2. The Hall–Kier alpha value is -1.98. The Morgan fingerprint density at radius 2 is 1.80 bits per heavy atom. The molecule has 0 unspecified atom stereocenters. The molecule has 110 valence electrons. The normalized spacial score (nSPS) is 10.8. The molecule has 20 heavy (non-hydrogen) atoms. The molecule has 6 heteroatoms. The summed E-state index contributed by atoms with van der Waals surface area (Å²) in [6, 6.07) is 4.63. The van der Waals surface area contributed by atoms with Crippen LogP contribution in [0.2, 0.25) is 0 Å². The smallest absolute Gasteiger partial charge is 0.404 e. The Balaban J connectivity index is 0.000000956. The zero-order valence-corrected chi connectivity index (χ0v) is 11.8. The van der Waals surface area contributed by atoms with Gasteiger partial charge in [0.25, 0.3) is 0 Å².